The largest absolute Gasteiger partial charge is 0.448 e. The van der Waals surface area contributed by atoms with Crippen LogP contribution >= 0.6 is 0 Å². The molecule has 2 aromatic rings. The number of hydrogen-bond acceptors (Lipinski definition) is 3. The van der Waals surface area contributed by atoms with Crippen LogP contribution in [0.15, 0.2) is 47.1 Å². The molecule has 18 heavy (non-hydrogen) atoms. The minimum Gasteiger partial charge on any atom is -0.448 e. The molecular formula is C15H15NO2. The molecule has 0 saturated carbocycles. The Hall–Kier alpha value is -2.03. The van der Waals surface area contributed by atoms with Crippen LogP contribution in [-0.2, 0) is 6.54 Å². The highest BCUT2D eigenvalue weighted by molar-refractivity contribution is 6.02. The molecule has 0 bridgehead atoms. The zero-order chi connectivity index (χ0) is 12.5. The van der Waals surface area contributed by atoms with E-state index in [2.05, 4.69) is 24.0 Å². The lowest BCUT2D eigenvalue weighted by atomic mass is 9.99. The number of nitrogens with zero attached hydrogens (tertiary/aromatic N) is 1. The van der Waals surface area contributed by atoms with Crippen molar-refractivity contribution in [2.45, 2.75) is 25.9 Å². The summed E-state index contributed by atoms with van der Waals surface area (Å²) in [6, 6.07) is 12.2. The van der Waals surface area contributed by atoms with Crippen LogP contribution in [0.4, 0.5) is 5.88 Å². The molecule has 2 heterocycles. The van der Waals surface area contributed by atoms with Gasteiger partial charge in [0.1, 0.15) is 0 Å². The molecule has 92 valence electrons. The number of fused-ring (bicyclic) bond motifs is 1. The topological polar surface area (TPSA) is 33.5 Å². The van der Waals surface area contributed by atoms with Crippen molar-refractivity contribution in [2.24, 2.45) is 0 Å². The van der Waals surface area contributed by atoms with Crippen LogP contribution in [0.2, 0.25) is 0 Å². The molecule has 0 spiro atoms. The summed E-state index contributed by atoms with van der Waals surface area (Å²) in [5.74, 6) is 0.887. The lowest BCUT2D eigenvalue weighted by Gasteiger charge is -2.32. The molecule has 0 saturated heterocycles. The maximum Gasteiger partial charge on any atom is 0.206 e. The first-order valence-electron chi connectivity index (χ1n) is 6.17. The van der Waals surface area contributed by atoms with Gasteiger partial charge in [-0.3, -0.25) is 4.79 Å². The van der Waals surface area contributed by atoms with Gasteiger partial charge in [-0.1, -0.05) is 30.3 Å². The molecule has 0 amide bonds. The molecule has 1 unspecified atom stereocenters. The van der Waals surface area contributed by atoms with Gasteiger partial charge in [-0.25, -0.2) is 0 Å². The quantitative estimate of drug-likeness (QED) is 0.809. The molecule has 1 aromatic heterocycles. The number of hydrogen-bond donors (Lipinski definition) is 0. The van der Waals surface area contributed by atoms with Gasteiger partial charge >= 0.3 is 0 Å². The summed E-state index contributed by atoms with van der Waals surface area (Å²) in [7, 11) is 0. The van der Waals surface area contributed by atoms with Crippen molar-refractivity contribution in [1.29, 1.82) is 0 Å². The molecule has 1 aliphatic rings. The van der Waals surface area contributed by atoms with Gasteiger partial charge in [-0.15, -0.1) is 0 Å². The lowest BCUT2D eigenvalue weighted by molar-refractivity contribution is 0.0966. The molecular weight excluding hydrogens is 226 g/mol. The highest BCUT2D eigenvalue weighted by Gasteiger charge is 2.31. The Morgan fingerprint density at radius 2 is 2.06 bits per heavy atom. The third kappa shape index (κ3) is 1.82. The first kappa shape index (κ1) is 11.1. The second kappa shape index (κ2) is 4.33. The maximum absolute atomic E-state index is 11.9. The number of benzene rings is 1. The van der Waals surface area contributed by atoms with Gasteiger partial charge in [0.2, 0.25) is 5.88 Å². The third-order valence-corrected chi connectivity index (χ3v) is 3.41. The molecule has 3 nitrogen and oxygen atoms in total. The van der Waals surface area contributed by atoms with E-state index in [9.17, 15) is 4.79 Å². The van der Waals surface area contributed by atoms with E-state index in [1.165, 1.54) is 5.56 Å². The number of ketones is 1. The molecule has 1 atom stereocenters. The molecule has 0 N–H and O–H groups in total. The van der Waals surface area contributed by atoms with Gasteiger partial charge in [-0.2, -0.15) is 0 Å². The van der Waals surface area contributed by atoms with Crippen LogP contribution in [0, 0.1) is 0 Å². The molecule has 1 aromatic carbocycles. The van der Waals surface area contributed by atoms with Crippen LogP contribution < -0.4 is 4.90 Å². The van der Waals surface area contributed by atoms with Gasteiger partial charge in [0.05, 0.1) is 11.8 Å². The second-order valence-corrected chi connectivity index (χ2v) is 4.73. The van der Waals surface area contributed by atoms with E-state index in [1.54, 1.807) is 12.3 Å². The van der Waals surface area contributed by atoms with Crippen LogP contribution in [0.3, 0.4) is 0 Å². The van der Waals surface area contributed by atoms with Crippen molar-refractivity contribution in [3.63, 3.8) is 0 Å². The van der Waals surface area contributed by atoms with Crippen molar-refractivity contribution in [3.05, 3.63) is 53.8 Å². The van der Waals surface area contributed by atoms with Crippen LogP contribution in [0.1, 0.15) is 29.3 Å². The first-order valence-corrected chi connectivity index (χ1v) is 6.17. The fourth-order valence-corrected chi connectivity index (χ4v) is 2.43. The van der Waals surface area contributed by atoms with Gasteiger partial charge in [0, 0.05) is 19.0 Å². The number of carbonyl (C=O) groups is 1. The zero-order valence-corrected chi connectivity index (χ0v) is 10.3. The summed E-state index contributed by atoms with van der Waals surface area (Å²) >= 11 is 0. The summed E-state index contributed by atoms with van der Waals surface area (Å²) < 4.78 is 5.49. The predicted molar refractivity (Wildman–Crippen MR) is 69.7 cm³/mol. The maximum atomic E-state index is 11.9. The van der Waals surface area contributed by atoms with E-state index < -0.39 is 0 Å². The Morgan fingerprint density at radius 1 is 1.28 bits per heavy atom. The van der Waals surface area contributed by atoms with Gasteiger partial charge in [0.25, 0.3) is 0 Å². The van der Waals surface area contributed by atoms with E-state index in [4.69, 9.17) is 4.42 Å². The summed E-state index contributed by atoms with van der Waals surface area (Å²) in [6.07, 6.45) is 2.15. The number of Topliss-reactive ketones (excluding diaryl/α,β-unsaturated/α-hetero) is 1. The molecule has 0 aliphatic carbocycles. The first-order chi connectivity index (χ1) is 8.75. The number of carbonyl (C=O) groups excluding carboxylic acids is 1. The number of rotatable bonds is 2. The summed E-state index contributed by atoms with van der Waals surface area (Å²) in [5, 5.41) is 0. The van der Waals surface area contributed by atoms with Crippen molar-refractivity contribution in [3.8, 4) is 0 Å². The van der Waals surface area contributed by atoms with Crippen LogP contribution in [0.5, 0.6) is 0 Å². The Labute approximate surface area is 106 Å². The lowest BCUT2D eigenvalue weighted by Crippen LogP contribution is -2.38. The Morgan fingerprint density at radius 3 is 2.83 bits per heavy atom. The van der Waals surface area contributed by atoms with Crippen LogP contribution in [0.25, 0.3) is 0 Å². The number of anilines is 1. The molecule has 3 heteroatoms. The van der Waals surface area contributed by atoms with E-state index in [1.807, 2.05) is 18.2 Å². The smallest absolute Gasteiger partial charge is 0.206 e. The van der Waals surface area contributed by atoms with E-state index in [0.717, 1.165) is 6.54 Å². The summed E-state index contributed by atoms with van der Waals surface area (Å²) in [5.41, 5.74) is 1.94. The predicted octanol–water partition coefficient (Wildman–Crippen LogP) is 3.26. The van der Waals surface area contributed by atoms with Gasteiger partial charge in [0.15, 0.2) is 5.78 Å². The highest BCUT2D eigenvalue weighted by atomic mass is 16.3. The third-order valence-electron chi connectivity index (χ3n) is 3.41. The Balaban J connectivity index is 1.93. The average molecular weight is 241 g/mol. The van der Waals surface area contributed by atoms with Crippen molar-refractivity contribution in [2.75, 3.05) is 4.90 Å². The summed E-state index contributed by atoms with van der Waals surface area (Å²) in [6.45, 7) is 2.84. The molecule has 1 aliphatic heterocycles. The van der Waals surface area contributed by atoms with E-state index in [-0.39, 0.29) is 11.8 Å². The Kier molecular flexibility index (Phi) is 2.67. The molecule has 3 rings (SSSR count). The second-order valence-electron chi connectivity index (χ2n) is 4.73. The van der Waals surface area contributed by atoms with Gasteiger partial charge < -0.3 is 9.32 Å². The minimum absolute atomic E-state index is 0.176. The van der Waals surface area contributed by atoms with Gasteiger partial charge in [-0.05, 0) is 18.6 Å². The standard InChI is InChI=1S/C15H15NO2/c1-11-9-14(17)13-7-8-18-15(13)16(11)10-12-5-3-2-4-6-12/h2-8,11H,9-10H2,1H3. The average Bonchev–Trinajstić information content (AvgIpc) is 2.85. The Bertz CT molecular complexity index is 559. The van der Waals surface area contributed by atoms with Crippen LogP contribution in [-0.4, -0.2) is 11.8 Å². The van der Waals surface area contributed by atoms with E-state index >= 15 is 0 Å². The number of furan rings is 1. The SMILES string of the molecule is CC1CC(=O)c2ccoc2N1Cc1ccccc1. The van der Waals surface area contributed by atoms with Crippen molar-refractivity contribution >= 4 is 11.7 Å². The zero-order valence-electron chi connectivity index (χ0n) is 10.3. The fourth-order valence-electron chi connectivity index (χ4n) is 2.43. The van der Waals surface area contributed by atoms with Crippen molar-refractivity contribution < 1.29 is 9.21 Å². The van der Waals surface area contributed by atoms with E-state index in [0.29, 0.717) is 17.9 Å². The molecule has 0 radical (unpaired) electrons. The normalized spacial score (nSPS) is 18.8. The minimum atomic E-state index is 0.176. The fraction of sp³-hybridized carbons (Fsp3) is 0.267. The molecule has 0 fully saturated rings. The van der Waals surface area contributed by atoms with Crippen molar-refractivity contribution in [1.82, 2.24) is 0 Å². The summed E-state index contributed by atoms with van der Waals surface area (Å²) in [4.78, 5) is 14.0. The monoisotopic (exact) mass is 241 g/mol. The highest BCUT2D eigenvalue weighted by Crippen LogP contribution is 2.32.